The van der Waals surface area contributed by atoms with Crippen LogP contribution in [-0.4, -0.2) is 52.4 Å². The number of carbonyl (C=O) groups is 1. The summed E-state index contributed by atoms with van der Waals surface area (Å²) in [6, 6.07) is 5.84. The van der Waals surface area contributed by atoms with Gasteiger partial charge in [-0.3, -0.25) is 4.31 Å². The van der Waals surface area contributed by atoms with Crippen molar-refractivity contribution in [1.82, 2.24) is 0 Å². The van der Waals surface area contributed by atoms with Crippen LogP contribution in [-0.2, 0) is 19.9 Å². The fourth-order valence-corrected chi connectivity index (χ4v) is 5.22. The first-order valence-electron chi connectivity index (χ1n) is 7.99. The molecule has 0 amide bonds. The molecule has 1 aliphatic rings. The average Bonchev–Trinajstić information content (AvgIpc) is 2.59. The molecule has 0 unspecified atom stereocenters. The Labute approximate surface area is 161 Å². The van der Waals surface area contributed by atoms with Gasteiger partial charge in [0, 0.05) is 6.26 Å². The maximum absolute atomic E-state index is 13.3. The molecule has 0 spiro atoms. The quantitative estimate of drug-likeness (QED) is 0.746. The van der Waals surface area contributed by atoms with Gasteiger partial charge in [0.05, 0.1) is 22.0 Å². The molecule has 3 rings (SSSR count). The number of sulfone groups is 1. The Hall–Kier alpha value is -2.79. The van der Waals surface area contributed by atoms with Crippen molar-refractivity contribution in [2.75, 3.05) is 23.7 Å². The number of nitrogens with zero attached hydrogens (tertiary/aromatic N) is 1. The molecule has 0 radical (unpaired) electrons. The van der Waals surface area contributed by atoms with Gasteiger partial charge in [-0.2, -0.15) is 0 Å². The topological polar surface area (TPSA) is 138 Å². The van der Waals surface area contributed by atoms with Gasteiger partial charge in [0.25, 0.3) is 10.0 Å². The minimum atomic E-state index is -4.26. The summed E-state index contributed by atoms with van der Waals surface area (Å²) in [7, 11) is -7.85. The second-order valence-corrected chi connectivity index (χ2v) is 10.1. The first-order chi connectivity index (χ1) is 12.9. The molecular weight excluding hydrogens is 410 g/mol. The molecule has 11 heteroatoms. The molecule has 0 aromatic heterocycles. The van der Waals surface area contributed by atoms with Gasteiger partial charge < -0.3 is 14.9 Å². The number of aromatic carboxylic acids is 1. The number of anilines is 1. The number of aryl methyl sites for hydroxylation is 1. The summed E-state index contributed by atoms with van der Waals surface area (Å²) >= 11 is 0. The molecule has 2 aromatic carbocycles. The molecule has 0 atom stereocenters. The summed E-state index contributed by atoms with van der Waals surface area (Å²) in [4.78, 5) is 10.9. The zero-order valence-electron chi connectivity index (χ0n) is 14.9. The minimum absolute atomic E-state index is 0.0351. The van der Waals surface area contributed by atoms with E-state index in [1.165, 1.54) is 25.1 Å². The smallest absolute Gasteiger partial charge is 0.339 e. The monoisotopic (exact) mass is 427 g/mol. The Balaban J connectivity index is 2.21. The molecule has 28 heavy (non-hydrogen) atoms. The summed E-state index contributed by atoms with van der Waals surface area (Å²) in [5, 5.41) is 19.0. The van der Waals surface area contributed by atoms with Crippen molar-refractivity contribution in [3.63, 3.8) is 0 Å². The number of hydrogen-bond donors (Lipinski definition) is 2. The number of carboxylic acids is 1. The average molecular weight is 427 g/mol. The normalized spacial score (nSPS) is 14.3. The maximum atomic E-state index is 13.3. The van der Waals surface area contributed by atoms with Crippen LogP contribution in [0.1, 0.15) is 15.9 Å². The van der Waals surface area contributed by atoms with Crippen molar-refractivity contribution in [2.24, 2.45) is 0 Å². The third-order valence-corrected chi connectivity index (χ3v) is 7.34. The molecule has 1 aliphatic heterocycles. The van der Waals surface area contributed by atoms with Gasteiger partial charge in [0.15, 0.2) is 9.84 Å². The van der Waals surface area contributed by atoms with Crippen LogP contribution < -0.4 is 9.04 Å². The lowest BCUT2D eigenvalue weighted by atomic mass is 10.1. The second kappa shape index (κ2) is 6.67. The van der Waals surface area contributed by atoms with Crippen LogP contribution in [0, 0.1) is 6.92 Å². The van der Waals surface area contributed by atoms with Crippen LogP contribution in [0.5, 0.6) is 11.5 Å². The van der Waals surface area contributed by atoms with Gasteiger partial charge in [-0.1, -0.05) is 0 Å². The highest BCUT2D eigenvalue weighted by molar-refractivity contribution is 7.93. The molecule has 2 aromatic rings. The van der Waals surface area contributed by atoms with E-state index in [0.29, 0.717) is 0 Å². The molecule has 150 valence electrons. The van der Waals surface area contributed by atoms with Crippen LogP contribution in [0.3, 0.4) is 0 Å². The van der Waals surface area contributed by atoms with Crippen LogP contribution in [0.4, 0.5) is 5.69 Å². The van der Waals surface area contributed by atoms with Crippen LogP contribution in [0.2, 0.25) is 0 Å². The molecule has 0 aliphatic carbocycles. The minimum Gasteiger partial charge on any atom is -0.507 e. The van der Waals surface area contributed by atoms with E-state index in [-0.39, 0.29) is 39.9 Å². The second-order valence-electron chi connectivity index (χ2n) is 6.27. The summed E-state index contributed by atoms with van der Waals surface area (Å²) in [6.45, 7) is 1.37. The number of carboxylic acid groups (broad SMARTS) is 1. The Morgan fingerprint density at radius 1 is 1.14 bits per heavy atom. The molecule has 0 bridgehead atoms. The van der Waals surface area contributed by atoms with Crippen molar-refractivity contribution in [3.8, 4) is 11.5 Å². The van der Waals surface area contributed by atoms with Gasteiger partial charge in [0.2, 0.25) is 0 Å². The zero-order chi connectivity index (χ0) is 20.9. The number of rotatable bonds is 4. The number of hydrogen-bond acceptors (Lipinski definition) is 7. The molecule has 0 saturated carbocycles. The predicted molar refractivity (Wildman–Crippen MR) is 99.4 cm³/mol. The lowest BCUT2D eigenvalue weighted by Gasteiger charge is -2.31. The fraction of sp³-hybridized carbons (Fsp3) is 0.235. The third kappa shape index (κ3) is 3.38. The van der Waals surface area contributed by atoms with Crippen molar-refractivity contribution in [2.45, 2.75) is 16.7 Å². The standard InChI is InChI=1S/C17H17NO8S2/c1-10-7-14(19)12(17(20)21)9-16(10)28(24,25)18-5-6-26-15-4-3-11(8-13(15)18)27(2,22)23/h3-4,7-9,19H,5-6H2,1-2H3,(H,20,21). The molecule has 0 saturated heterocycles. The van der Waals surface area contributed by atoms with Gasteiger partial charge in [0.1, 0.15) is 23.7 Å². The SMILES string of the molecule is Cc1cc(O)c(C(=O)O)cc1S(=O)(=O)N1CCOc2ccc(S(C)(=O)=O)cc21. The highest BCUT2D eigenvalue weighted by Gasteiger charge is 2.33. The van der Waals surface area contributed by atoms with E-state index in [2.05, 4.69) is 0 Å². The van der Waals surface area contributed by atoms with E-state index in [1.54, 1.807) is 0 Å². The van der Waals surface area contributed by atoms with Crippen molar-refractivity contribution >= 4 is 31.5 Å². The number of aromatic hydroxyl groups is 1. The van der Waals surface area contributed by atoms with E-state index < -0.39 is 37.1 Å². The van der Waals surface area contributed by atoms with E-state index in [1.807, 2.05) is 0 Å². The Morgan fingerprint density at radius 2 is 1.82 bits per heavy atom. The van der Waals surface area contributed by atoms with Crippen molar-refractivity contribution < 1.29 is 36.6 Å². The van der Waals surface area contributed by atoms with Gasteiger partial charge in [-0.25, -0.2) is 21.6 Å². The van der Waals surface area contributed by atoms with Crippen LogP contribution in [0.25, 0.3) is 0 Å². The van der Waals surface area contributed by atoms with E-state index in [0.717, 1.165) is 22.7 Å². The third-order valence-electron chi connectivity index (χ3n) is 4.27. The lowest BCUT2D eigenvalue weighted by molar-refractivity contribution is 0.0693. The summed E-state index contributed by atoms with van der Waals surface area (Å²) < 4.78 is 56.6. The van der Waals surface area contributed by atoms with Gasteiger partial charge in [-0.05, 0) is 42.8 Å². The first-order valence-corrected chi connectivity index (χ1v) is 11.3. The van der Waals surface area contributed by atoms with Gasteiger partial charge in [-0.15, -0.1) is 0 Å². The van der Waals surface area contributed by atoms with Crippen molar-refractivity contribution in [1.29, 1.82) is 0 Å². The molecule has 2 N–H and O–H groups in total. The Kier molecular flexibility index (Phi) is 4.76. The highest BCUT2D eigenvalue weighted by Crippen LogP contribution is 2.38. The largest absolute Gasteiger partial charge is 0.507 e. The van der Waals surface area contributed by atoms with E-state index in [4.69, 9.17) is 4.74 Å². The number of benzene rings is 2. The lowest BCUT2D eigenvalue weighted by Crippen LogP contribution is -2.38. The number of phenols is 1. The zero-order valence-corrected chi connectivity index (χ0v) is 16.5. The fourth-order valence-electron chi connectivity index (χ4n) is 2.89. The van der Waals surface area contributed by atoms with E-state index >= 15 is 0 Å². The number of ether oxygens (including phenoxy) is 1. The predicted octanol–water partition coefficient (Wildman–Crippen LogP) is 1.39. The highest BCUT2D eigenvalue weighted by atomic mass is 32.2. The van der Waals surface area contributed by atoms with E-state index in [9.17, 15) is 31.8 Å². The molecular formula is C17H17NO8S2. The molecule has 0 fully saturated rings. The summed E-state index contributed by atoms with van der Waals surface area (Å²) in [6.07, 6.45) is 1.00. The van der Waals surface area contributed by atoms with Gasteiger partial charge >= 0.3 is 5.97 Å². The molecule has 9 nitrogen and oxygen atoms in total. The Morgan fingerprint density at radius 3 is 2.43 bits per heavy atom. The summed E-state index contributed by atoms with van der Waals surface area (Å²) in [5.41, 5.74) is -0.365. The maximum Gasteiger partial charge on any atom is 0.339 e. The van der Waals surface area contributed by atoms with Crippen LogP contribution >= 0.6 is 0 Å². The number of fused-ring (bicyclic) bond motifs is 1. The molecule has 1 heterocycles. The first kappa shape index (κ1) is 20.0. The Bertz CT molecular complexity index is 1190. The number of sulfonamides is 1. The van der Waals surface area contributed by atoms with Crippen LogP contribution in [0.15, 0.2) is 40.1 Å². The summed E-state index contributed by atoms with van der Waals surface area (Å²) in [5.74, 6) is -1.83. The van der Waals surface area contributed by atoms with Crippen molar-refractivity contribution in [3.05, 3.63) is 41.5 Å².